The zero-order valence-electron chi connectivity index (χ0n) is 15.5. The van der Waals surface area contributed by atoms with Crippen LogP contribution >= 0.6 is 12.0 Å². The van der Waals surface area contributed by atoms with Crippen molar-refractivity contribution < 1.29 is 13.4 Å². The molecule has 0 atom stereocenters. The fourth-order valence-corrected chi connectivity index (χ4v) is 1.86. The number of halogens is 1. The predicted octanol–water partition coefficient (Wildman–Crippen LogP) is 4.36. The van der Waals surface area contributed by atoms with E-state index in [-0.39, 0.29) is 11.5 Å². The maximum Gasteiger partial charge on any atom is 0.215 e. The van der Waals surface area contributed by atoms with E-state index in [1.807, 2.05) is 32.3 Å². The van der Waals surface area contributed by atoms with Gasteiger partial charge in [-0.15, -0.1) is 0 Å². The highest BCUT2D eigenvalue weighted by molar-refractivity contribution is 8.08. The van der Waals surface area contributed by atoms with E-state index in [0.29, 0.717) is 11.4 Å². The summed E-state index contributed by atoms with van der Waals surface area (Å²) in [5.41, 5.74) is 6.97. The summed E-state index contributed by atoms with van der Waals surface area (Å²) in [5, 5.41) is 5.87. The lowest BCUT2D eigenvalue weighted by Crippen LogP contribution is -2.01. The molecule has 0 saturated carbocycles. The number of anilines is 2. The molecule has 0 saturated heterocycles. The summed E-state index contributed by atoms with van der Waals surface area (Å²) < 4.78 is 17.8. The van der Waals surface area contributed by atoms with Gasteiger partial charge in [0.05, 0.1) is 5.69 Å². The van der Waals surface area contributed by atoms with E-state index in [0.717, 1.165) is 37.1 Å². The van der Waals surface area contributed by atoms with Crippen LogP contribution in [0.5, 0.6) is 5.75 Å². The summed E-state index contributed by atoms with van der Waals surface area (Å²) in [5.74, 6) is 0.334. The molecular weight excluding hydrogens is 353 g/mol. The van der Waals surface area contributed by atoms with E-state index in [1.54, 1.807) is 24.3 Å². The fraction of sp³-hybridized carbons (Fsp3) is 0.316. The Kier molecular flexibility index (Phi) is 14.8. The van der Waals surface area contributed by atoms with Crippen LogP contribution in [0.3, 0.4) is 0 Å². The molecule has 5 nitrogen and oxygen atoms in total. The van der Waals surface area contributed by atoms with Crippen molar-refractivity contribution in [2.45, 2.75) is 19.8 Å². The van der Waals surface area contributed by atoms with E-state index in [1.165, 1.54) is 6.07 Å². The Hall–Kier alpha value is -2.25. The van der Waals surface area contributed by atoms with Crippen LogP contribution in [-0.4, -0.2) is 26.3 Å². The molecule has 0 spiro atoms. The first-order chi connectivity index (χ1) is 12.6. The molecule has 7 heteroatoms. The summed E-state index contributed by atoms with van der Waals surface area (Å²) >= 11 is 0.781. The van der Waals surface area contributed by atoms with Crippen LogP contribution < -0.4 is 20.6 Å². The van der Waals surface area contributed by atoms with Crippen LogP contribution in [-0.2, 0) is 4.79 Å². The third kappa shape index (κ3) is 12.2. The van der Waals surface area contributed by atoms with Gasteiger partial charge >= 0.3 is 0 Å². The van der Waals surface area contributed by atoms with Gasteiger partial charge in [0.2, 0.25) is 5.62 Å². The Morgan fingerprint density at radius 3 is 2.38 bits per heavy atom. The van der Waals surface area contributed by atoms with Gasteiger partial charge in [0.15, 0.2) is 0 Å². The Bertz CT molecular complexity index is 601. The minimum Gasteiger partial charge on any atom is -0.418 e. The first-order valence-corrected chi connectivity index (χ1v) is 9.08. The van der Waals surface area contributed by atoms with Crippen LogP contribution in [0, 0.1) is 5.82 Å². The zero-order chi connectivity index (χ0) is 19.6. The third-order valence-corrected chi connectivity index (χ3v) is 3.15. The maximum absolute atomic E-state index is 12.9. The predicted molar refractivity (Wildman–Crippen MR) is 111 cm³/mol. The second-order valence-corrected chi connectivity index (χ2v) is 5.66. The second-order valence-electron chi connectivity index (χ2n) is 5.11. The van der Waals surface area contributed by atoms with E-state index < -0.39 is 0 Å². The van der Waals surface area contributed by atoms with Crippen molar-refractivity contribution in [1.82, 2.24) is 5.32 Å². The molecule has 0 aromatic heterocycles. The molecule has 0 amide bonds. The van der Waals surface area contributed by atoms with Crippen LogP contribution in [0.25, 0.3) is 0 Å². The molecule has 2 aromatic carbocycles. The average molecular weight is 382 g/mol. The van der Waals surface area contributed by atoms with Crippen molar-refractivity contribution in [3.8, 4) is 5.75 Å². The highest BCUT2D eigenvalue weighted by Gasteiger charge is 1.98. The molecule has 0 heterocycles. The van der Waals surface area contributed by atoms with Crippen molar-refractivity contribution in [3.63, 3.8) is 0 Å². The largest absolute Gasteiger partial charge is 0.418 e. The lowest BCUT2D eigenvalue weighted by Gasteiger charge is -2.05. The van der Waals surface area contributed by atoms with Crippen LogP contribution in [0.15, 0.2) is 48.5 Å². The number of hydrogen-bond acceptors (Lipinski definition) is 6. The topological polar surface area (TPSA) is 76.4 Å². The number of benzene rings is 2. The fourth-order valence-electron chi connectivity index (χ4n) is 1.60. The SMILES string of the molecule is CCCCNc1ccc(N)c(F)c1.CNC.O=CSOc1ccccc1. The van der Waals surface area contributed by atoms with Crippen molar-refractivity contribution in [3.05, 3.63) is 54.3 Å². The average Bonchev–Trinajstić information content (AvgIpc) is 2.65. The summed E-state index contributed by atoms with van der Waals surface area (Å²) in [6, 6.07) is 13.9. The first-order valence-electron chi connectivity index (χ1n) is 8.28. The van der Waals surface area contributed by atoms with E-state index in [9.17, 15) is 9.18 Å². The third-order valence-electron chi connectivity index (χ3n) is 2.79. The molecule has 26 heavy (non-hydrogen) atoms. The highest BCUT2D eigenvalue weighted by Crippen LogP contribution is 2.15. The molecule has 144 valence electrons. The molecule has 0 unspecified atom stereocenters. The van der Waals surface area contributed by atoms with Gasteiger partial charge in [-0.1, -0.05) is 31.5 Å². The monoisotopic (exact) mass is 381 g/mol. The molecule has 0 radical (unpaired) electrons. The number of rotatable bonds is 7. The highest BCUT2D eigenvalue weighted by atomic mass is 32.2. The van der Waals surface area contributed by atoms with Crippen molar-refractivity contribution in [2.24, 2.45) is 0 Å². The number of nitrogen functional groups attached to an aromatic ring is 1. The zero-order valence-corrected chi connectivity index (χ0v) is 16.3. The van der Waals surface area contributed by atoms with E-state index in [4.69, 9.17) is 9.92 Å². The number of para-hydroxylation sites is 1. The maximum atomic E-state index is 12.9. The van der Waals surface area contributed by atoms with Crippen molar-refractivity contribution in [2.75, 3.05) is 31.7 Å². The second kappa shape index (κ2) is 16.2. The lowest BCUT2D eigenvalue weighted by molar-refractivity contribution is 0.565. The number of carbonyl (C=O) groups excluding carboxylic acids is 1. The Morgan fingerprint density at radius 2 is 1.85 bits per heavy atom. The van der Waals surface area contributed by atoms with Gasteiger partial charge in [-0.05, 0) is 50.8 Å². The van der Waals surface area contributed by atoms with Gasteiger partial charge < -0.3 is 20.6 Å². The Balaban J connectivity index is 0.000000428. The summed E-state index contributed by atoms with van der Waals surface area (Å²) in [6.45, 7) is 2.99. The van der Waals surface area contributed by atoms with Crippen molar-refractivity contribution >= 4 is 29.0 Å². The molecule has 4 N–H and O–H groups in total. The minimum absolute atomic E-state index is 0.195. The molecule has 2 aromatic rings. The number of unbranched alkanes of at least 4 members (excludes halogenated alkanes) is 1. The number of carbonyl (C=O) groups is 1. The number of hydrogen-bond donors (Lipinski definition) is 3. The van der Waals surface area contributed by atoms with Gasteiger partial charge in [-0.25, -0.2) is 4.39 Å². The molecule has 2 rings (SSSR count). The summed E-state index contributed by atoms with van der Waals surface area (Å²) in [4.78, 5) is 9.82. The molecule has 0 bridgehead atoms. The Labute approximate surface area is 159 Å². The normalized spacial score (nSPS) is 9.08. The molecule has 0 fully saturated rings. The van der Waals surface area contributed by atoms with Crippen LogP contribution in [0.2, 0.25) is 0 Å². The van der Waals surface area contributed by atoms with Gasteiger partial charge in [-0.3, -0.25) is 4.79 Å². The van der Waals surface area contributed by atoms with E-state index in [2.05, 4.69) is 17.6 Å². The molecule has 0 aliphatic rings. The first kappa shape index (κ1) is 23.8. The van der Waals surface area contributed by atoms with Crippen LogP contribution in [0.1, 0.15) is 19.8 Å². The standard InChI is InChI=1S/C10H15FN2.C7H6O2S.C2H7N/c1-2-3-6-13-8-4-5-10(12)9(11)7-8;8-6-10-9-7-4-2-1-3-5-7;1-3-2/h4-5,7,13H,2-3,6,12H2,1H3;1-6H;3H,1-2H3. The quantitative estimate of drug-likeness (QED) is 0.286. The summed E-state index contributed by atoms with van der Waals surface area (Å²) in [6.07, 6.45) is 2.22. The molecular formula is C19H28FN3O2S. The van der Waals surface area contributed by atoms with Gasteiger partial charge in [-0.2, -0.15) is 0 Å². The van der Waals surface area contributed by atoms with Gasteiger partial charge in [0, 0.05) is 12.2 Å². The molecule has 0 aliphatic carbocycles. The molecule has 0 aliphatic heterocycles. The number of nitrogens with one attached hydrogen (secondary N) is 2. The van der Waals surface area contributed by atoms with E-state index >= 15 is 0 Å². The number of nitrogens with two attached hydrogens (primary N) is 1. The van der Waals surface area contributed by atoms with Gasteiger partial charge in [0.1, 0.15) is 23.6 Å². The van der Waals surface area contributed by atoms with Gasteiger partial charge in [0.25, 0.3) is 0 Å². The van der Waals surface area contributed by atoms with Crippen LogP contribution in [0.4, 0.5) is 15.8 Å². The van der Waals surface area contributed by atoms with Crippen molar-refractivity contribution in [1.29, 1.82) is 0 Å². The smallest absolute Gasteiger partial charge is 0.215 e. The lowest BCUT2D eigenvalue weighted by atomic mass is 10.2. The Morgan fingerprint density at radius 1 is 1.19 bits per heavy atom. The minimum atomic E-state index is -0.360. The summed E-state index contributed by atoms with van der Waals surface area (Å²) in [7, 11) is 3.75.